The van der Waals surface area contributed by atoms with E-state index < -0.39 is 18.5 Å². The molecule has 7 heteroatoms. The number of aryl methyl sites for hydroxylation is 1. The van der Waals surface area contributed by atoms with Crippen LogP contribution in [0.4, 0.5) is 0 Å². The first-order valence-electron chi connectivity index (χ1n) is 9.25. The highest BCUT2D eigenvalue weighted by atomic mass is 16.5. The topological polar surface area (TPSA) is 107 Å². The lowest BCUT2D eigenvalue weighted by atomic mass is 10.0. The van der Waals surface area contributed by atoms with Gasteiger partial charge in [-0.1, -0.05) is 18.2 Å². The number of nitrogens with zero attached hydrogens (tertiary/aromatic N) is 4. The highest BCUT2D eigenvalue weighted by Gasteiger charge is 2.25. The van der Waals surface area contributed by atoms with Crippen LogP contribution in [0, 0.1) is 22.7 Å². The number of para-hydroxylation sites is 1. The first-order valence-corrected chi connectivity index (χ1v) is 9.25. The Bertz CT molecular complexity index is 970. The summed E-state index contributed by atoms with van der Waals surface area (Å²) in [6.45, 7) is 0.00537. The summed E-state index contributed by atoms with van der Waals surface area (Å²) in [6, 6.07) is 11.4. The van der Waals surface area contributed by atoms with Gasteiger partial charge in [0.1, 0.15) is 0 Å². The van der Waals surface area contributed by atoms with Gasteiger partial charge in [-0.2, -0.15) is 10.5 Å². The van der Waals surface area contributed by atoms with E-state index in [2.05, 4.69) is 4.98 Å². The molecule has 3 rings (SSSR count). The molecule has 0 radical (unpaired) electrons. The van der Waals surface area contributed by atoms with E-state index in [-0.39, 0.29) is 25.9 Å². The van der Waals surface area contributed by atoms with Gasteiger partial charge in [0.15, 0.2) is 6.61 Å². The molecule has 7 nitrogen and oxygen atoms in total. The van der Waals surface area contributed by atoms with Crippen LogP contribution in [0.15, 0.2) is 24.3 Å². The molecule has 1 heterocycles. The molecule has 0 bridgehead atoms. The molecule has 142 valence electrons. The molecule has 0 spiro atoms. The molecule has 0 aliphatic heterocycles. The number of carbonyl (C=O) groups is 2. The Morgan fingerprint density at radius 3 is 2.54 bits per heavy atom. The zero-order valence-electron chi connectivity index (χ0n) is 15.5. The molecule has 1 aliphatic carbocycles. The van der Waals surface area contributed by atoms with E-state index in [1.165, 1.54) is 4.90 Å². The summed E-state index contributed by atoms with van der Waals surface area (Å²) in [7, 11) is 0. The summed E-state index contributed by atoms with van der Waals surface area (Å²) in [5.74, 6) is -0.945. The van der Waals surface area contributed by atoms with Crippen molar-refractivity contribution < 1.29 is 14.3 Å². The average Bonchev–Trinajstić information content (AvgIpc) is 3.18. The van der Waals surface area contributed by atoms with Crippen LogP contribution in [0.25, 0.3) is 10.9 Å². The van der Waals surface area contributed by atoms with Gasteiger partial charge in [-0.25, -0.2) is 4.79 Å². The molecular weight excluding hydrogens is 356 g/mol. The largest absolute Gasteiger partial charge is 0.452 e. The fourth-order valence-corrected chi connectivity index (χ4v) is 3.47. The van der Waals surface area contributed by atoms with Crippen LogP contribution in [0.3, 0.4) is 0 Å². The predicted molar refractivity (Wildman–Crippen MR) is 101 cm³/mol. The lowest BCUT2D eigenvalue weighted by Gasteiger charge is -2.20. The van der Waals surface area contributed by atoms with Gasteiger partial charge < -0.3 is 9.64 Å². The van der Waals surface area contributed by atoms with E-state index in [0.29, 0.717) is 5.56 Å². The van der Waals surface area contributed by atoms with Crippen LogP contribution < -0.4 is 0 Å². The Morgan fingerprint density at radius 1 is 1.11 bits per heavy atom. The van der Waals surface area contributed by atoms with Gasteiger partial charge in [-0.3, -0.25) is 9.78 Å². The van der Waals surface area contributed by atoms with Crippen molar-refractivity contribution in [2.24, 2.45) is 0 Å². The van der Waals surface area contributed by atoms with E-state index in [4.69, 9.17) is 15.3 Å². The van der Waals surface area contributed by atoms with Crippen LogP contribution in [0.1, 0.15) is 40.9 Å². The molecule has 1 aromatic carbocycles. The number of pyridine rings is 1. The molecule has 1 aliphatic rings. The normalized spacial score (nSPS) is 12.1. The van der Waals surface area contributed by atoms with Crippen LogP contribution >= 0.6 is 0 Å². The monoisotopic (exact) mass is 376 g/mol. The third-order valence-electron chi connectivity index (χ3n) is 4.79. The zero-order chi connectivity index (χ0) is 19.9. The molecular formula is C21H20N4O3. The number of nitriles is 2. The van der Waals surface area contributed by atoms with Gasteiger partial charge >= 0.3 is 5.97 Å². The Kier molecular flexibility index (Phi) is 6.18. The number of amides is 1. The second-order valence-corrected chi connectivity index (χ2v) is 6.56. The molecule has 1 aromatic heterocycles. The Balaban J connectivity index is 1.77. The number of esters is 1. The standard InChI is InChI=1S/C21H20N4O3/c22-10-4-12-25(13-5-11-23)19(26)14-28-21(27)20-15-6-1-2-8-17(15)24-18-9-3-7-16(18)20/h1-2,6,8H,3-5,7,9,12-14H2. The summed E-state index contributed by atoms with van der Waals surface area (Å²) >= 11 is 0. The second-order valence-electron chi connectivity index (χ2n) is 6.56. The van der Waals surface area contributed by atoms with Gasteiger partial charge in [0.2, 0.25) is 0 Å². The Labute approximate surface area is 163 Å². The van der Waals surface area contributed by atoms with Crippen LogP contribution in [-0.2, 0) is 22.4 Å². The number of rotatable bonds is 7. The molecule has 2 aromatic rings. The van der Waals surface area contributed by atoms with E-state index in [1.807, 2.05) is 36.4 Å². The average molecular weight is 376 g/mol. The number of carbonyl (C=O) groups excluding carboxylic acids is 2. The molecule has 0 atom stereocenters. The molecule has 0 saturated carbocycles. The Hall–Kier alpha value is -3.45. The van der Waals surface area contributed by atoms with Crippen molar-refractivity contribution in [1.29, 1.82) is 10.5 Å². The van der Waals surface area contributed by atoms with E-state index >= 15 is 0 Å². The summed E-state index contributed by atoms with van der Waals surface area (Å²) in [6.07, 6.45) is 2.85. The first kappa shape index (κ1) is 19.3. The van der Waals surface area contributed by atoms with Gasteiger partial charge in [0.25, 0.3) is 5.91 Å². The molecule has 0 unspecified atom stereocenters. The maximum absolute atomic E-state index is 12.8. The van der Waals surface area contributed by atoms with Crippen LogP contribution in [0.5, 0.6) is 0 Å². The van der Waals surface area contributed by atoms with Gasteiger partial charge in [-0.15, -0.1) is 0 Å². The van der Waals surface area contributed by atoms with E-state index in [1.54, 1.807) is 0 Å². The fourth-order valence-electron chi connectivity index (χ4n) is 3.47. The van der Waals surface area contributed by atoms with Crippen molar-refractivity contribution in [2.75, 3.05) is 19.7 Å². The smallest absolute Gasteiger partial charge is 0.339 e. The second kappa shape index (κ2) is 8.96. The minimum atomic E-state index is -0.536. The maximum atomic E-state index is 12.8. The van der Waals surface area contributed by atoms with Crippen molar-refractivity contribution in [3.63, 3.8) is 0 Å². The minimum absolute atomic E-state index is 0.160. The number of benzene rings is 1. The fraction of sp³-hybridized carbons (Fsp3) is 0.381. The highest BCUT2D eigenvalue weighted by Crippen LogP contribution is 2.30. The van der Waals surface area contributed by atoms with Crippen molar-refractivity contribution in [3.8, 4) is 12.1 Å². The number of aromatic nitrogens is 1. The third kappa shape index (κ3) is 4.10. The third-order valence-corrected chi connectivity index (χ3v) is 4.79. The maximum Gasteiger partial charge on any atom is 0.339 e. The van der Waals surface area contributed by atoms with E-state index in [9.17, 15) is 9.59 Å². The molecule has 1 amide bonds. The number of hydrogen-bond acceptors (Lipinski definition) is 6. The van der Waals surface area contributed by atoms with Crippen LogP contribution in [0.2, 0.25) is 0 Å². The quantitative estimate of drug-likeness (QED) is 0.687. The Morgan fingerprint density at radius 2 is 1.82 bits per heavy atom. The zero-order valence-corrected chi connectivity index (χ0v) is 15.5. The van der Waals surface area contributed by atoms with Crippen molar-refractivity contribution >= 4 is 22.8 Å². The molecule has 0 saturated heterocycles. The van der Waals surface area contributed by atoms with Crippen LogP contribution in [-0.4, -0.2) is 41.5 Å². The highest BCUT2D eigenvalue weighted by molar-refractivity contribution is 6.05. The molecule has 0 fully saturated rings. The summed E-state index contributed by atoms with van der Waals surface area (Å²) in [4.78, 5) is 31.3. The predicted octanol–water partition coefficient (Wildman–Crippen LogP) is 2.54. The lowest BCUT2D eigenvalue weighted by Crippen LogP contribution is -2.36. The van der Waals surface area contributed by atoms with Crippen molar-refractivity contribution in [2.45, 2.75) is 32.1 Å². The summed E-state index contributed by atoms with van der Waals surface area (Å²) in [5, 5.41) is 18.2. The molecule has 28 heavy (non-hydrogen) atoms. The number of ether oxygens (including phenoxy) is 1. The number of hydrogen-bond donors (Lipinski definition) is 0. The van der Waals surface area contributed by atoms with Crippen molar-refractivity contribution in [3.05, 3.63) is 41.1 Å². The van der Waals surface area contributed by atoms with Gasteiger partial charge in [-0.05, 0) is 30.9 Å². The first-order chi connectivity index (χ1) is 13.7. The molecule has 0 N–H and O–H groups in total. The van der Waals surface area contributed by atoms with Gasteiger partial charge in [0.05, 0.1) is 36.1 Å². The summed E-state index contributed by atoms with van der Waals surface area (Å²) < 4.78 is 5.34. The van der Waals surface area contributed by atoms with Gasteiger partial charge in [0, 0.05) is 24.2 Å². The SMILES string of the molecule is N#CCCN(CCC#N)C(=O)COC(=O)c1c2c(nc3ccccc13)CCC2. The van der Waals surface area contributed by atoms with E-state index in [0.717, 1.165) is 41.4 Å². The van der Waals surface area contributed by atoms with Crippen molar-refractivity contribution in [1.82, 2.24) is 9.88 Å². The minimum Gasteiger partial charge on any atom is -0.452 e. The number of fused-ring (bicyclic) bond motifs is 2. The summed E-state index contributed by atoms with van der Waals surface area (Å²) in [5.41, 5.74) is 3.06. The lowest BCUT2D eigenvalue weighted by molar-refractivity contribution is -0.134.